The van der Waals surface area contributed by atoms with Gasteiger partial charge in [0.2, 0.25) is 0 Å². The van der Waals surface area contributed by atoms with Crippen LogP contribution < -0.4 is 10.5 Å². The highest BCUT2D eigenvalue weighted by atomic mass is 16.5. The standard InChI is InChI=1S/C13H17NO3/c1-13(8-17-7-11(13)14)12(15)9-5-3-4-6-10(9)16-2/h3-6,11H,7-8,14H2,1-2H3. The Morgan fingerprint density at radius 2 is 2.24 bits per heavy atom. The number of ketones is 1. The van der Waals surface area contributed by atoms with Crippen LogP contribution in [0, 0.1) is 5.41 Å². The molecule has 0 saturated carbocycles. The zero-order chi connectivity index (χ0) is 12.5. The van der Waals surface area contributed by atoms with Crippen molar-refractivity contribution in [2.45, 2.75) is 13.0 Å². The average molecular weight is 235 g/mol. The predicted octanol–water partition coefficient (Wildman–Crippen LogP) is 1.24. The topological polar surface area (TPSA) is 61.5 Å². The Morgan fingerprint density at radius 3 is 2.82 bits per heavy atom. The number of benzene rings is 1. The van der Waals surface area contributed by atoms with E-state index in [2.05, 4.69) is 0 Å². The third-order valence-electron chi connectivity index (χ3n) is 3.39. The number of carbonyl (C=O) groups excluding carboxylic acids is 1. The Labute approximate surface area is 101 Å². The van der Waals surface area contributed by atoms with Crippen LogP contribution in [0.5, 0.6) is 5.75 Å². The smallest absolute Gasteiger partial charge is 0.176 e. The van der Waals surface area contributed by atoms with Gasteiger partial charge in [-0.25, -0.2) is 0 Å². The monoisotopic (exact) mass is 235 g/mol. The summed E-state index contributed by atoms with van der Waals surface area (Å²) < 4.78 is 10.5. The van der Waals surface area contributed by atoms with Crippen molar-refractivity contribution in [1.29, 1.82) is 0 Å². The maximum atomic E-state index is 12.5. The number of Topliss-reactive ketones (excluding diaryl/α,β-unsaturated/α-hetero) is 1. The average Bonchev–Trinajstić information content (AvgIpc) is 2.70. The van der Waals surface area contributed by atoms with Gasteiger partial charge >= 0.3 is 0 Å². The molecule has 4 nitrogen and oxygen atoms in total. The molecule has 17 heavy (non-hydrogen) atoms. The van der Waals surface area contributed by atoms with Crippen LogP contribution in [0.3, 0.4) is 0 Å². The molecular formula is C13H17NO3. The number of ether oxygens (including phenoxy) is 2. The molecule has 1 aliphatic rings. The lowest BCUT2D eigenvalue weighted by Gasteiger charge is -2.25. The normalized spacial score (nSPS) is 28.1. The van der Waals surface area contributed by atoms with E-state index in [-0.39, 0.29) is 11.8 Å². The lowest BCUT2D eigenvalue weighted by atomic mass is 9.78. The van der Waals surface area contributed by atoms with Crippen molar-refractivity contribution in [3.63, 3.8) is 0 Å². The van der Waals surface area contributed by atoms with E-state index in [1.54, 1.807) is 19.2 Å². The van der Waals surface area contributed by atoms with Gasteiger partial charge in [-0.15, -0.1) is 0 Å². The number of hydrogen-bond donors (Lipinski definition) is 1. The Balaban J connectivity index is 2.37. The maximum absolute atomic E-state index is 12.5. The number of para-hydroxylation sites is 1. The largest absolute Gasteiger partial charge is 0.496 e. The molecule has 1 aromatic carbocycles. The van der Waals surface area contributed by atoms with Crippen LogP contribution in [0.1, 0.15) is 17.3 Å². The number of methoxy groups -OCH3 is 1. The Bertz CT molecular complexity index is 432. The number of nitrogens with two attached hydrogens (primary N) is 1. The SMILES string of the molecule is COc1ccccc1C(=O)C1(C)COCC1N. The molecule has 92 valence electrons. The zero-order valence-electron chi connectivity index (χ0n) is 10.1. The third kappa shape index (κ3) is 1.94. The van der Waals surface area contributed by atoms with Gasteiger partial charge in [-0.1, -0.05) is 12.1 Å². The summed E-state index contributed by atoms with van der Waals surface area (Å²) in [5.74, 6) is 0.567. The molecule has 1 fully saturated rings. The Morgan fingerprint density at radius 1 is 1.53 bits per heavy atom. The molecule has 2 atom stereocenters. The summed E-state index contributed by atoms with van der Waals surface area (Å²) in [4.78, 5) is 12.5. The fourth-order valence-electron chi connectivity index (χ4n) is 2.06. The third-order valence-corrected chi connectivity index (χ3v) is 3.39. The minimum Gasteiger partial charge on any atom is -0.496 e. The molecule has 2 rings (SSSR count). The summed E-state index contributed by atoms with van der Waals surface area (Å²) >= 11 is 0. The number of carbonyl (C=O) groups is 1. The van der Waals surface area contributed by atoms with Crippen LogP contribution >= 0.6 is 0 Å². The van der Waals surface area contributed by atoms with Crippen molar-refractivity contribution in [3.05, 3.63) is 29.8 Å². The van der Waals surface area contributed by atoms with E-state index < -0.39 is 5.41 Å². The van der Waals surface area contributed by atoms with Gasteiger partial charge in [0.1, 0.15) is 5.75 Å². The van der Waals surface area contributed by atoms with Gasteiger partial charge in [0.25, 0.3) is 0 Å². The van der Waals surface area contributed by atoms with Crippen LogP contribution in [0.25, 0.3) is 0 Å². The lowest BCUT2D eigenvalue weighted by Crippen LogP contribution is -2.44. The molecule has 1 aromatic rings. The highest BCUT2D eigenvalue weighted by Crippen LogP contribution is 2.34. The molecule has 1 heterocycles. The quantitative estimate of drug-likeness (QED) is 0.801. The fraction of sp³-hybridized carbons (Fsp3) is 0.462. The zero-order valence-corrected chi connectivity index (χ0v) is 10.1. The van der Waals surface area contributed by atoms with Crippen molar-refractivity contribution in [2.24, 2.45) is 11.1 Å². The summed E-state index contributed by atoms with van der Waals surface area (Å²) in [5.41, 5.74) is 5.87. The summed E-state index contributed by atoms with van der Waals surface area (Å²) in [5, 5.41) is 0. The fourth-order valence-corrected chi connectivity index (χ4v) is 2.06. The molecule has 0 spiro atoms. The van der Waals surface area contributed by atoms with Gasteiger partial charge in [0.15, 0.2) is 5.78 Å². The Hall–Kier alpha value is -1.39. The first-order valence-electron chi connectivity index (χ1n) is 5.61. The summed E-state index contributed by atoms with van der Waals surface area (Å²) in [7, 11) is 1.56. The van der Waals surface area contributed by atoms with Crippen molar-refractivity contribution >= 4 is 5.78 Å². The lowest BCUT2D eigenvalue weighted by molar-refractivity contribution is 0.0764. The van der Waals surface area contributed by atoms with Crippen LogP contribution in [0.4, 0.5) is 0 Å². The Kier molecular flexibility index (Phi) is 3.17. The van der Waals surface area contributed by atoms with Crippen molar-refractivity contribution < 1.29 is 14.3 Å². The van der Waals surface area contributed by atoms with Crippen LogP contribution in [-0.4, -0.2) is 32.1 Å². The van der Waals surface area contributed by atoms with E-state index in [4.69, 9.17) is 15.2 Å². The summed E-state index contributed by atoms with van der Waals surface area (Å²) in [6, 6.07) is 6.93. The molecule has 1 saturated heterocycles. The van der Waals surface area contributed by atoms with E-state index in [9.17, 15) is 4.79 Å². The molecule has 2 unspecified atom stereocenters. The number of hydrogen-bond acceptors (Lipinski definition) is 4. The second kappa shape index (κ2) is 4.47. The van der Waals surface area contributed by atoms with Gasteiger partial charge in [-0.2, -0.15) is 0 Å². The molecule has 0 radical (unpaired) electrons. The van der Waals surface area contributed by atoms with Crippen molar-refractivity contribution in [2.75, 3.05) is 20.3 Å². The number of rotatable bonds is 3. The van der Waals surface area contributed by atoms with Gasteiger partial charge < -0.3 is 15.2 Å². The second-order valence-corrected chi connectivity index (χ2v) is 4.57. The van der Waals surface area contributed by atoms with Gasteiger partial charge in [-0.3, -0.25) is 4.79 Å². The van der Waals surface area contributed by atoms with E-state index >= 15 is 0 Å². The van der Waals surface area contributed by atoms with E-state index in [0.29, 0.717) is 24.5 Å². The van der Waals surface area contributed by atoms with Crippen molar-refractivity contribution in [1.82, 2.24) is 0 Å². The minimum absolute atomic E-state index is 0.0139. The van der Waals surface area contributed by atoms with E-state index in [1.165, 1.54) is 0 Å². The van der Waals surface area contributed by atoms with Gasteiger partial charge in [0.05, 0.1) is 31.3 Å². The molecule has 0 bridgehead atoms. The molecule has 4 heteroatoms. The van der Waals surface area contributed by atoms with Crippen molar-refractivity contribution in [3.8, 4) is 5.75 Å². The molecule has 2 N–H and O–H groups in total. The predicted molar refractivity (Wildman–Crippen MR) is 64.2 cm³/mol. The minimum atomic E-state index is -0.658. The highest BCUT2D eigenvalue weighted by molar-refractivity contribution is 6.03. The van der Waals surface area contributed by atoms with E-state index in [0.717, 1.165) is 0 Å². The molecule has 0 aliphatic carbocycles. The summed E-state index contributed by atoms with van der Waals surface area (Å²) in [6.45, 7) is 2.64. The first-order chi connectivity index (χ1) is 8.09. The molecule has 1 aliphatic heterocycles. The van der Waals surface area contributed by atoms with Crippen LogP contribution in [-0.2, 0) is 4.74 Å². The van der Waals surface area contributed by atoms with Gasteiger partial charge in [0, 0.05) is 6.04 Å². The maximum Gasteiger partial charge on any atom is 0.176 e. The molecular weight excluding hydrogens is 218 g/mol. The summed E-state index contributed by atoms with van der Waals surface area (Å²) in [6.07, 6.45) is 0. The molecule has 0 amide bonds. The van der Waals surface area contributed by atoms with Crippen LogP contribution in [0.2, 0.25) is 0 Å². The van der Waals surface area contributed by atoms with Crippen LogP contribution in [0.15, 0.2) is 24.3 Å². The first-order valence-corrected chi connectivity index (χ1v) is 5.61. The van der Waals surface area contributed by atoms with Gasteiger partial charge in [-0.05, 0) is 19.1 Å². The second-order valence-electron chi connectivity index (χ2n) is 4.57. The highest BCUT2D eigenvalue weighted by Gasteiger charge is 2.45. The first kappa shape index (κ1) is 12.1. The molecule has 0 aromatic heterocycles. The van der Waals surface area contributed by atoms with E-state index in [1.807, 2.05) is 19.1 Å².